The number of rotatable bonds is 3. The SMILES string of the molecule is CC.O=c1c2cc(-c3ccccc3)ccc2n2c3ccc(-c4ccccc4)cc3nc2n1-c1ccccc1. The van der Waals surface area contributed by atoms with Crippen LogP contribution < -0.4 is 5.56 Å². The molecule has 0 saturated carbocycles. The monoisotopic (exact) mass is 493 g/mol. The van der Waals surface area contributed by atoms with Gasteiger partial charge in [-0.25, -0.2) is 9.55 Å². The van der Waals surface area contributed by atoms with Crippen LogP contribution in [0.3, 0.4) is 0 Å². The molecule has 0 bridgehead atoms. The molecule has 0 saturated heterocycles. The molecule has 184 valence electrons. The van der Waals surface area contributed by atoms with E-state index in [4.69, 9.17) is 4.98 Å². The van der Waals surface area contributed by atoms with Crippen molar-refractivity contribution in [3.05, 3.63) is 138 Å². The maximum absolute atomic E-state index is 14.0. The molecule has 38 heavy (non-hydrogen) atoms. The van der Waals surface area contributed by atoms with Gasteiger partial charge in [0, 0.05) is 0 Å². The molecule has 2 aromatic heterocycles. The third-order valence-electron chi connectivity index (χ3n) is 6.74. The Morgan fingerprint density at radius 3 is 1.68 bits per heavy atom. The minimum Gasteiger partial charge on any atom is -0.277 e. The van der Waals surface area contributed by atoms with Crippen LogP contribution in [0.5, 0.6) is 0 Å². The lowest BCUT2D eigenvalue weighted by molar-refractivity contribution is 0.983. The van der Waals surface area contributed by atoms with Crippen molar-refractivity contribution in [3.8, 4) is 27.9 Å². The van der Waals surface area contributed by atoms with Crippen LogP contribution in [0.25, 0.3) is 55.7 Å². The first kappa shape index (κ1) is 23.4. The van der Waals surface area contributed by atoms with Crippen LogP contribution in [0.1, 0.15) is 13.8 Å². The third kappa shape index (κ3) is 3.87. The van der Waals surface area contributed by atoms with Gasteiger partial charge in [0.2, 0.25) is 5.78 Å². The summed E-state index contributed by atoms with van der Waals surface area (Å²) in [6, 6.07) is 42.6. The lowest BCUT2D eigenvalue weighted by atomic mass is 10.0. The van der Waals surface area contributed by atoms with Gasteiger partial charge in [0.1, 0.15) is 0 Å². The lowest BCUT2D eigenvalue weighted by Crippen LogP contribution is -2.21. The van der Waals surface area contributed by atoms with E-state index in [-0.39, 0.29) is 5.56 Å². The second kappa shape index (κ2) is 9.83. The standard InChI is InChI=1S/C32H21N3O.C2H6/c36-31-27-20-24(22-10-4-1-5-11-22)16-18-29(27)35-30-19-17-25(23-12-6-2-7-13-23)21-28(30)33-32(35)34(31)26-14-8-3-9-15-26;1-2/h1-21H;1-2H3. The molecule has 0 atom stereocenters. The fourth-order valence-electron chi connectivity index (χ4n) is 5.00. The quantitative estimate of drug-likeness (QED) is 0.249. The van der Waals surface area contributed by atoms with Crippen LogP contribution >= 0.6 is 0 Å². The Kier molecular flexibility index (Phi) is 6.06. The van der Waals surface area contributed by atoms with E-state index in [0.29, 0.717) is 11.2 Å². The van der Waals surface area contributed by atoms with Crippen LogP contribution in [-0.2, 0) is 0 Å². The topological polar surface area (TPSA) is 39.3 Å². The Hall–Kier alpha value is -4.96. The van der Waals surface area contributed by atoms with Crippen molar-refractivity contribution in [2.24, 2.45) is 0 Å². The van der Waals surface area contributed by atoms with Crippen LogP contribution in [0.4, 0.5) is 0 Å². The summed E-state index contributed by atoms with van der Waals surface area (Å²) in [6.45, 7) is 4.00. The van der Waals surface area contributed by atoms with Crippen LogP contribution in [0, 0.1) is 0 Å². The summed E-state index contributed by atoms with van der Waals surface area (Å²) in [7, 11) is 0. The average Bonchev–Trinajstić information content (AvgIpc) is 3.38. The van der Waals surface area contributed by atoms with Gasteiger partial charge in [-0.05, 0) is 58.7 Å². The summed E-state index contributed by atoms with van der Waals surface area (Å²) in [5.41, 5.74) is 7.68. The summed E-state index contributed by atoms with van der Waals surface area (Å²) in [5.74, 6) is 0.603. The fourth-order valence-corrected chi connectivity index (χ4v) is 5.00. The number of nitrogens with zero attached hydrogens (tertiary/aromatic N) is 3. The molecule has 0 fully saturated rings. The van der Waals surface area contributed by atoms with Crippen molar-refractivity contribution >= 4 is 27.7 Å². The summed E-state index contributed by atoms with van der Waals surface area (Å²) >= 11 is 0. The Morgan fingerprint density at radius 2 is 1.08 bits per heavy atom. The number of benzene rings is 5. The van der Waals surface area contributed by atoms with Gasteiger partial charge in [-0.1, -0.05) is 105 Å². The molecule has 0 aliphatic heterocycles. The van der Waals surface area contributed by atoms with E-state index in [2.05, 4.69) is 52.9 Å². The Labute approximate surface area is 221 Å². The highest BCUT2D eigenvalue weighted by molar-refractivity contribution is 5.93. The average molecular weight is 494 g/mol. The van der Waals surface area contributed by atoms with E-state index in [0.717, 1.165) is 44.5 Å². The second-order valence-electron chi connectivity index (χ2n) is 8.89. The molecule has 0 aliphatic carbocycles. The van der Waals surface area contributed by atoms with Gasteiger partial charge >= 0.3 is 0 Å². The van der Waals surface area contributed by atoms with Crippen LogP contribution in [0.2, 0.25) is 0 Å². The zero-order chi connectivity index (χ0) is 26.1. The first-order valence-electron chi connectivity index (χ1n) is 13.0. The highest BCUT2D eigenvalue weighted by atomic mass is 16.1. The second-order valence-corrected chi connectivity index (χ2v) is 8.89. The van der Waals surface area contributed by atoms with E-state index < -0.39 is 0 Å². The molecular formula is C34H27N3O. The molecule has 4 heteroatoms. The van der Waals surface area contributed by atoms with Crippen LogP contribution in [-0.4, -0.2) is 14.0 Å². The summed E-state index contributed by atoms with van der Waals surface area (Å²) in [4.78, 5) is 19.0. The Bertz CT molecular complexity index is 1940. The number of fused-ring (bicyclic) bond motifs is 5. The molecule has 5 aromatic carbocycles. The zero-order valence-corrected chi connectivity index (χ0v) is 21.4. The predicted molar refractivity (Wildman–Crippen MR) is 158 cm³/mol. The molecular weight excluding hydrogens is 466 g/mol. The minimum absolute atomic E-state index is 0.0833. The van der Waals surface area contributed by atoms with E-state index in [1.165, 1.54) is 0 Å². The smallest absolute Gasteiger partial charge is 0.267 e. The molecule has 0 spiro atoms. The number of aromatic nitrogens is 3. The molecule has 7 rings (SSSR count). The van der Waals surface area contributed by atoms with E-state index in [1.807, 2.05) is 92.7 Å². The molecule has 0 unspecified atom stereocenters. The number of hydrogen-bond acceptors (Lipinski definition) is 2. The molecule has 0 N–H and O–H groups in total. The van der Waals surface area contributed by atoms with Gasteiger partial charge in [0.25, 0.3) is 5.56 Å². The minimum atomic E-state index is -0.0833. The van der Waals surface area contributed by atoms with Crippen molar-refractivity contribution in [1.29, 1.82) is 0 Å². The van der Waals surface area contributed by atoms with Gasteiger partial charge in [0.15, 0.2) is 0 Å². The third-order valence-corrected chi connectivity index (χ3v) is 6.74. The highest BCUT2D eigenvalue weighted by Crippen LogP contribution is 2.29. The maximum Gasteiger partial charge on any atom is 0.267 e. The van der Waals surface area contributed by atoms with Gasteiger partial charge in [-0.3, -0.25) is 9.20 Å². The summed E-state index contributed by atoms with van der Waals surface area (Å²) in [5, 5.41) is 0.652. The van der Waals surface area contributed by atoms with Gasteiger partial charge < -0.3 is 0 Å². The molecule has 7 aromatic rings. The molecule has 4 nitrogen and oxygen atoms in total. The normalized spacial score (nSPS) is 11.0. The number of imidazole rings is 1. The van der Waals surface area contributed by atoms with Crippen LogP contribution in [0.15, 0.2) is 132 Å². The summed E-state index contributed by atoms with van der Waals surface area (Å²) in [6.07, 6.45) is 0. The predicted octanol–water partition coefficient (Wildman–Crippen LogP) is 8.15. The van der Waals surface area contributed by atoms with Crippen molar-refractivity contribution in [2.75, 3.05) is 0 Å². The number of hydrogen-bond donors (Lipinski definition) is 0. The Morgan fingerprint density at radius 1 is 0.553 bits per heavy atom. The summed E-state index contributed by atoms with van der Waals surface area (Å²) < 4.78 is 3.82. The first-order valence-corrected chi connectivity index (χ1v) is 13.0. The van der Waals surface area contributed by atoms with Gasteiger partial charge in [-0.2, -0.15) is 0 Å². The molecule has 0 radical (unpaired) electrons. The largest absolute Gasteiger partial charge is 0.277 e. The van der Waals surface area contributed by atoms with E-state index in [9.17, 15) is 4.79 Å². The fraction of sp³-hybridized carbons (Fsp3) is 0.0588. The van der Waals surface area contributed by atoms with Crippen molar-refractivity contribution in [3.63, 3.8) is 0 Å². The zero-order valence-electron chi connectivity index (χ0n) is 21.4. The van der Waals surface area contributed by atoms with Crippen molar-refractivity contribution in [1.82, 2.24) is 14.0 Å². The van der Waals surface area contributed by atoms with E-state index >= 15 is 0 Å². The first-order chi connectivity index (χ1) is 18.8. The van der Waals surface area contributed by atoms with Crippen molar-refractivity contribution < 1.29 is 0 Å². The van der Waals surface area contributed by atoms with E-state index in [1.54, 1.807) is 4.57 Å². The molecule has 0 amide bonds. The lowest BCUT2D eigenvalue weighted by Gasteiger charge is -2.12. The Balaban J connectivity index is 0.00000129. The molecule has 2 heterocycles. The van der Waals surface area contributed by atoms with Crippen molar-refractivity contribution in [2.45, 2.75) is 13.8 Å². The number of para-hydroxylation sites is 1. The maximum atomic E-state index is 14.0. The molecule has 0 aliphatic rings. The van der Waals surface area contributed by atoms with Gasteiger partial charge in [-0.15, -0.1) is 0 Å². The highest BCUT2D eigenvalue weighted by Gasteiger charge is 2.18. The van der Waals surface area contributed by atoms with Gasteiger partial charge in [0.05, 0.1) is 27.6 Å².